The molecule has 2 amide bonds. The van der Waals surface area contributed by atoms with Crippen LogP contribution in [-0.4, -0.2) is 66.6 Å². The Bertz CT molecular complexity index is 234. The smallest absolute Gasteiger partial charge is 0.334 e. The molecule has 16 heavy (non-hydrogen) atoms. The van der Waals surface area contributed by atoms with Crippen molar-refractivity contribution in [1.82, 2.24) is 10.2 Å². The van der Waals surface area contributed by atoms with Gasteiger partial charge in [-0.3, -0.25) is 0 Å². The fraction of sp³-hybridized carbons (Fsp3) is 0.778. The number of carboxylic acids is 1. The standard InChI is InChI=1S/C9H18N2O5/c1-3-11(4-5-12)9(15)10-6-7(16-2)8(13)14/h7,12H,3-6H2,1-2H3,(H,10,15)(H,13,14). The fourth-order valence-electron chi connectivity index (χ4n) is 1.09. The molecule has 0 aromatic carbocycles. The summed E-state index contributed by atoms with van der Waals surface area (Å²) in [5, 5.41) is 19.8. The second-order valence-electron chi connectivity index (χ2n) is 3.05. The minimum absolute atomic E-state index is 0.105. The summed E-state index contributed by atoms with van der Waals surface area (Å²) in [5.74, 6) is -1.13. The zero-order chi connectivity index (χ0) is 12.6. The molecule has 0 aliphatic rings. The Morgan fingerprint density at radius 2 is 2.12 bits per heavy atom. The van der Waals surface area contributed by atoms with Crippen molar-refractivity contribution >= 4 is 12.0 Å². The Morgan fingerprint density at radius 1 is 1.50 bits per heavy atom. The molecule has 0 rings (SSSR count). The van der Waals surface area contributed by atoms with E-state index in [0.717, 1.165) is 0 Å². The molecule has 0 spiro atoms. The minimum atomic E-state index is -1.13. The number of carbonyl (C=O) groups excluding carboxylic acids is 1. The number of aliphatic hydroxyl groups is 1. The number of methoxy groups -OCH3 is 1. The Hall–Kier alpha value is -1.34. The van der Waals surface area contributed by atoms with Crippen molar-refractivity contribution in [2.45, 2.75) is 13.0 Å². The van der Waals surface area contributed by atoms with Gasteiger partial charge in [0.1, 0.15) is 0 Å². The van der Waals surface area contributed by atoms with Crippen molar-refractivity contribution in [3.63, 3.8) is 0 Å². The molecule has 0 aromatic heterocycles. The first kappa shape index (κ1) is 14.7. The van der Waals surface area contributed by atoms with Crippen molar-refractivity contribution < 1.29 is 24.5 Å². The van der Waals surface area contributed by atoms with Crippen LogP contribution in [0.4, 0.5) is 4.79 Å². The molecule has 0 saturated heterocycles. The highest BCUT2D eigenvalue weighted by Crippen LogP contribution is 1.91. The first-order valence-electron chi connectivity index (χ1n) is 4.96. The number of amides is 2. The average molecular weight is 234 g/mol. The lowest BCUT2D eigenvalue weighted by molar-refractivity contribution is -0.148. The van der Waals surface area contributed by atoms with Crippen LogP contribution in [0.5, 0.6) is 0 Å². The Balaban J connectivity index is 4.07. The summed E-state index contributed by atoms with van der Waals surface area (Å²) >= 11 is 0. The molecule has 0 aromatic rings. The molecular weight excluding hydrogens is 216 g/mol. The first-order valence-corrected chi connectivity index (χ1v) is 4.96. The van der Waals surface area contributed by atoms with Crippen molar-refractivity contribution in [3.8, 4) is 0 Å². The highest BCUT2D eigenvalue weighted by molar-refractivity contribution is 5.76. The van der Waals surface area contributed by atoms with Gasteiger partial charge in [-0.2, -0.15) is 0 Å². The van der Waals surface area contributed by atoms with E-state index in [4.69, 9.17) is 10.2 Å². The highest BCUT2D eigenvalue weighted by atomic mass is 16.5. The summed E-state index contributed by atoms with van der Waals surface area (Å²) in [5.41, 5.74) is 0. The van der Waals surface area contributed by atoms with E-state index in [0.29, 0.717) is 6.54 Å². The number of nitrogens with one attached hydrogen (secondary N) is 1. The maximum atomic E-state index is 11.5. The van der Waals surface area contributed by atoms with E-state index in [9.17, 15) is 9.59 Å². The lowest BCUT2D eigenvalue weighted by Gasteiger charge is -2.21. The number of likely N-dealkylation sites (N-methyl/N-ethyl adjacent to an activating group) is 1. The van der Waals surface area contributed by atoms with Crippen LogP contribution in [0, 0.1) is 0 Å². The molecule has 1 unspecified atom stereocenters. The molecule has 0 saturated carbocycles. The van der Waals surface area contributed by atoms with Crippen molar-refractivity contribution in [2.24, 2.45) is 0 Å². The van der Waals surface area contributed by atoms with Crippen LogP contribution < -0.4 is 5.32 Å². The van der Waals surface area contributed by atoms with E-state index in [1.807, 2.05) is 0 Å². The molecule has 0 fully saturated rings. The quantitative estimate of drug-likeness (QED) is 0.530. The summed E-state index contributed by atoms with van der Waals surface area (Å²) in [4.78, 5) is 23.4. The lowest BCUT2D eigenvalue weighted by atomic mass is 10.3. The maximum absolute atomic E-state index is 11.5. The van der Waals surface area contributed by atoms with E-state index in [-0.39, 0.29) is 19.7 Å². The van der Waals surface area contributed by atoms with Crippen LogP contribution in [0.1, 0.15) is 6.92 Å². The van der Waals surface area contributed by atoms with Crippen LogP contribution in [-0.2, 0) is 9.53 Å². The van der Waals surface area contributed by atoms with E-state index < -0.39 is 18.1 Å². The SMILES string of the molecule is CCN(CCO)C(=O)NCC(OC)C(=O)O. The van der Waals surface area contributed by atoms with E-state index in [2.05, 4.69) is 10.1 Å². The molecule has 7 heteroatoms. The Morgan fingerprint density at radius 3 is 2.50 bits per heavy atom. The first-order chi connectivity index (χ1) is 7.56. The third kappa shape index (κ3) is 4.94. The summed E-state index contributed by atoms with van der Waals surface area (Å²) in [7, 11) is 1.26. The summed E-state index contributed by atoms with van der Waals surface area (Å²) in [6.07, 6.45) is -1.06. The lowest BCUT2D eigenvalue weighted by Crippen LogP contribution is -2.45. The molecule has 1 atom stereocenters. The molecule has 0 heterocycles. The molecular formula is C9H18N2O5. The van der Waals surface area contributed by atoms with Gasteiger partial charge in [-0.1, -0.05) is 0 Å². The zero-order valence-corrected chi connectivity index (χ0v) is 9.47. The number of nitrogens with zero attached hydrogens (tertiary/aromatic N) is 1. The number of ether oxygens (including phenoxy) is 1. The molecule has 7 nitrogen and oxygen atoms in total. The van der Waals surface area contributed by atoms with Gasteiger partial charge >= 0.3 is 12.0 Å². The molecule has 94 valence electrons. The number of aliphatic hydroxyl groups excluding tert-OH is 1. The van der Waals surface area contributed by atoms with Gasteiger partial charge in [0, 0.05) is 20.2 Å². The van der Waals surface area contributed by atoms with Crippen LogP contribution in [0.3, 0.4) is 0 Å². The number of aliphatic carboxylic acids is 1. The van der Waals surface area contributed by atoms with Gasteiger partial charge < -0.3 is 25.2 Å². The largest absolute Gasteiger partial charge is 0.479 e. The van der Waals surface area contributed by atoms with Gasteiger partial charge in [0.15, 0.2) is 6.10 Å². The van der Waals surface area contributed by atoms with Crippen LogP contribution in [0.15, 0.2) is 0 Å². The summed E-state index contributed by atoms with van der Waals surface area (Å²) in [6, 6.07) is -0.417. The number of rotatable bonds is 7. The fourth-order valence-corrected chi connectivity index (χ4v) is 1.09. The predicted octanol–water partition coefficient (Wildman–Crippen LogP) is -0.890. The molecule has 3 N–H and O–H groups in total. The van der Waals surface area contributed by atoms with Crippen LogP contribution >= 0.6 is 0 Å². The number of urea groups is 1. The maximum Gasteiger partial charge on any atom is 0.334 e. The average Bonchev–Trinajstić information content (AvgIpc) is 2.25. The summed E-state index contributed by atoms with van der Waals surface area (Å²) < 4.78 is 4.65. The van der Waals surface area contributed by atoms with Crippen LogP contribution in [0.2, 0.25) is 0 Å². The van der Waals surface area contributed by atoms with Gasteiger partial charge in [-0.25, -0.2) is 9.59 Å². The van der Waals surface area contributed by atoms with Crippen LogP contribution in [0.25, 0.3) is 0 Å². The van der Waals surface area contributed by atoms with Crippen molar-refractivity contribution in [3.05, 3.63) is 0 Å². The summed E-state index contributed by atoms with van der Waals surface area (Å²) in [6.45, 7) is 2.19. The second kappa shape index (κ2) is 7.89. The molecule has 0 bridgehead atoms. The normalized spacial score (nSPS) is 11.9. The topological polar surface area (TPSA) is 99.1 Å². The predicted molar refractivity (Wildman–Crippen MR) is 56.2 cm³/mol. The third-order valence-electron chi connectivity index (χ3n) is 2.04. The Kier molecular flexibility index (Phi) is 7.23. The molecule has 0 aliphatic heterocycles. The minimum Gasteiger partial charge on any atom is -0.479 e. The molecule has 0 radical (unpaired) electrons. The second-order valence-corrected chi connectivity index (χ2v) is 3.05. The number of carbonyl (C=O) groups is 2. The van der Waals surface area contributed by atoms with E-state index in [1.54, 1.807) is 6.92 Å². The highest BCUT2D eigenvalue weighted by Gasteiger charge is 2.18. The Labute approximate surface area is 94.0 Å². The van der Waals surface area contributed by atoms with Gasteiger partial charge in [0.2, 0.25) is 0 Å². The zero-order valence-electron chi connectivity index (χ0n) is 9.47. The molecule has 0 aliphatic carbocycles. The monoisotopic (exact) mass is 234 g/mol. The van der Waals surface area contributed by atoms with Gasteiger partial charge in [0.25, 0.3) is 0 Å². The number of hydrogen-bond donors (Lipinski definition) is 3. The van der Waals surface area contributed by atoms with Gasteiger partial charge in [-0.15, -0.1) is 0 Å². The number of carboxylic acid groups (broad SMARTS) is 1. The third-order valence-corrected chi connectivity index (χ3v) is 2.04. The van der Waals surface area contributed by atoms with Gasteiger partial charge in [-0.05, 0) is 6.92 Å². The number of hydrogen-bond acceptors (Lipinski definition) is 4. The van der Waals surface area contributed by atoms with Gasteiger partial charge in [0.05, 0.1) is 13.2 Å². The van der Waals surface area contributed by atoms with Crippen molar-refractivity contribution in [1.29, 1.82) is 0 Å². The van der Waals surface area contributed by atoms with E-state index >= 15 is 0 Å². The van der Waals surface area contributed by atoms with E-state index in [1.165, 1.54) is 12.0 Å². The van der Waals surface area contributed by atoms with Crippen molar-refractivity contribution in [2.75, 3.05) is 33.4 Å².